The molecule has 8 nitrogen and oxygen atoms in total. The fraction of sp³-hybridized carbons (Fsp3) is 0.273. The van der Waals surface area contributed by atoms with Gasteiger partial charge in [-0.1, -0.05) is 15.9 Å². The van der Waals surface area contributed by atoms with Crippen molar-refractivity contribution in [1.82, 2.24) is 14.6 Å². The average Bonchev–Trinajstić information content (AvgIpc) is 2.79. The van der Waals surface area contributed by atoms with Crippen molar-refractivity contribution in [2.75, 3.05) is 32.9 Å². The highest BCUT2D eigenvalue weighted by Crippen LogP contribution is 2.22. The quantitative estimate of drug-likeness (QED) is 0.327. The molecule has 4 rings (SSSR count). The molecule has 1 aliphatic rings. The first kappa shape index (κ1) is 22.9. The zero-order chi connectivity index (χ0) is 22.7. The largest absolute Gasteiger partial charge is 0.483 e. The van der Waals surface area contributed by atoms with Gasteiger partial charge in [-0.3, -0.25) is 9.59 Å². The topological polar surface area (TPSA) is 86.0 Å². The van der Waals surface area contributed by atoms with Gasteiger partial charge in [0.05, 0.1) is 33.9 Å². The van der Waals surface area contributed by atoms with E-state index in [4.69, 9.17) is 9.47 Å². The molecule has 1 aromatic heterocycles. The van der Waals surface area contributed by atoms with Crippen LogP contribution in [-0.2, 0) is 9.53 Å². The lowest BCUT2D eigenvalue weighted by Gasteiger charge is -2.26. The van der Waals surface area contributed by atoms with E-state index in [1.54, 1.807) is 36.2 Å². The highest BCUT2D eigenvalue weighted by molar-refractivity contribution is 14.1. The van der Waals surface area contributed by atoms with Gasteiger partial charge in [0.2, 0.25) is 0 Å². The Hall–Kier alpha value is -2.31. The second kappa shape index (κ2) is 10.1. The van der Waals surface area contributed by atoms with Crippen molar-refractivity contribution in [2.24, 2.45) is 5.10 Å². The molecular formula is C22H20BrIN4O4. The van der Waals surface area contributed by atoms with Crippen LogP contribution in [0.5, 0.6) is 5.75 Å². The third-order valence-electron chi connectivity index (χ3n) is 4.96. The maximum atomic E-state index is 12.8. The molecule has 0 aliphatic carbocycles. The summed E-state index contributed by atoms with van der Waals surface area (Å²) in [5.41, 5.74) is 1.19. The number of carbonyl (C=O) groups excluding carboxylic acids is 1. The van der Waals surface area contributed by atoms with Crippen LogP contribution in [0.3, 0.4) is 0 Å². The Morgan fingerprint density at radius 2 is 2.06 bits per heavy atom. The Kier molecular flexibility index (Phi) is 7.21. The first-order chi connectivity index (χ1) is 15.4. The summed E-state index contributed by atoms with van der Waals surface area (Å²) in [4.78, 5) is 31.3. The first-order valence-electron chi connectivity index (χ1n) is 9.93. The van der Waals surface area contributed by atoms with E-state index in [-0.39, 0.29) is 18.1 Å². The molecule has 0 N–H and O–H groups in total. The number of carbonyl (C=O) groups is 1. The molecule has 1 saturated heterocycles. The lowest BCUT2D eigenvalue weighted by Crippen LogP contribution is -2.43. The molecule has 10 heteroatoms. The standard InChI is InChI=1S/C22H20BrIN4O4/c1-14-26-19-4-3-16(23)11-17(19)22(30)28(14)25-12-15-2-5-20(18(24)10-15)32-13-21(29)27-6-8-31-9-7-27/h2-5,10-12H,6-9,13H2,1H3. The number of ether oxygens (including phenoxy) is 2. The Bertz CT molecular complexity index is 1250. The van der Waals surface area contributed by atoms with Crippen LogP contribution >= 0.6 is 38.5 Å². The van der Waals surface area contributed by atoms with Crippen molar-refractivity contribution in [2.45, 2.75) is 6.92 Å². The molecule has 0 saturated carbocycles. The van der Waals surface area contributed by atoms with Gasteiger partial charge in [-0.15, -0.1) is 0 Å². The highest BCUT2D eigenvalue weighted by Gasteiger charge is 2.17. The number of benzene rings is 2. The van der Waals surface area contributed by atoms with Gasteiger partial charge in [0.25, 0.3) is 11.5 Å². The molecule has 2 heterocycles. The normalized spacial score (nSPS) is 14.3. The second-order valence-electron chi connectivity index (χ2n) is 7.15. The maximum Gasteiger partial charge on any atom is 0.282 e. The van der Waals surface area contributed by atoms with Gasteiger partial charge < -0.3 is 14.4 Å². The predicted octanol–water partition coefficient (Wildman–Crippen LogP) is 3.19. The van der Waals surface area contributed by atoms with E-state index >= 15 is 0 Å². The average molecular weight is 611 g/mol. The molecule has 3 aromatic rings. The van der Waals surface area contributed by atoms with Crippen molar-refractivity contribution >= 4 is 61.5 Å². The van der Waals surface area contributed by atoms with Crippen LogP contribution in [0.25, 0.3) is 10.9 Å². The van der Waals surface area contributed by atoms with Crippen LogP contribution < -0.4 is 10.3 Å². The third kappa shape index (κ3) is 5.18. The second-order valence-corrected chi connectivity index (χ2v) is 9.23. The number of halogens is 2. The number of nitrogens with zero attached hydrogens (tertiary/aromatic N) is 4. The van der Waals surface area contributed by atoms with Gasteiger partial charge in [0, 0.05) is 17.6 Å². The molecule has 0 bridgehead atoms. The molecule has 0 unspecified atom stereocenters. The van der Waals surface area contributed by atoms with E-state index in [9.17, 15) is 9.59 Å². The van der Waals surface area contributed by atoms with Crippen molar-refractivity contribution in [3.05, 3.63) is 66.2 Å². The predicted molar refractivity (Wildman–Crippen MR) is 133 cm³/mol. The van der Waals surface area contributed by atoms with Gasteiger partial charge in [0.1, 0.15) is 11.6 Å². The van der Waals surface area contributed by atoms with Gasteiger partial charge in [0.15, 0.2) is 6.61 Å². The molecule has 0 atom stereocenters. The summed E-state index contributed by atoms with van der Waals surface area (Å²) in [7, 11) is 0. The minimum Gasteiger partial charge on any atom is -0.483 e. The summed E-state index contributed by atoms with van der Waals surface area (Å²) in [5.74, 6) is 1.06. The first-order valence-corrected chi connectivity index (χ1v) is 11.8. The summed E-state index contributed by atoms with van der Waals surface area (Å²) >= 11 is 5.54. The third-order valence-corrected chi connectivity index (χ3v) is 6.30. The zero-order valence-corrected chi connectivity index (χ0v) is 21.0. The van der Waals surface area contributed by atoms with Gasteiger partial charge in [-0.25, -0.2) is 4.98 Å². The number of fused-ring (bicyclic) bond motifs is 1. The van der Waals surface area contributed by atoms with Crippen molar-refractivity contribution in [3.8, 4) is 5.75 Å². The van der Waals surface area contributed by atoms with Crippen molar-refractivity contribution in [3.63, 3.8) is 0 Å². The molecule has 1 aliphatic heterocycles. The van der Waals surface area contributed by atoms with Crippen LogP contribution in [-0.4, -0.2) is 59.6 Å². The van der Waals surface area contributed by atoms with Gasteiger partial charge in [-0.2, -0.15) is 9.78 Å². The Balaban J connectivity index is 1.49. The molecule has 1 fully saturated rings. The summed E-state index contributed by atoms with van der Waals surface area (Å²) < 4.78 is 13.9. The van der Waals surface area contributed by atoms with Crippen LogP contribution in [0, 0.1) is 10.5 Å². The van der Waals surface area contributed by atoms with Crippen molar-refractivity contribution in [1.29, 1.82) is 0 Å². The SMILES string of the molecule is Cc1nc2ccc(Br)cc2c(=O)n1N=Cc1ccc(OCC(=O)N2CCOCC2)c(I)c1. The van der Waals surface area contributed by atoms with E-state index in [0.717, 1.165) is 13.6 Å². The lowest BCUT2D eigenvalue weighted by molar-refractivity contribution is -0.137. The molecule has 166 valence electrons. The molecular weight excluding hydrogens is 591 g/mol. The molecule has 2 aromatic carbocycles. The number of morpholine rings is 1. The zero-order valence-electron chi connectivity index (χ0n) is 17.3. The lowest BCUT2D eigenvalue weighted by atomic mass is 10.2. The number of hydrogen-bond acceptors (Lipinski definition) is 6. The fourth-order valence-corrected chi connectivity index (χ4v) is 4.33. The van der Waals surface area contributed by atoms with E-state index in [0.29, 0.717) is 48.8 Å². The van der Waals surface area contributed by atoms with E-state index < -0.39 is 0 Å². The Morgan fingerprint density at radius 1 is 1.28 bits per heavy atom. The highest BCUT2D eigenvalue weighted by atomic mass is 127. The van der Waals surface area contributed by atoms with Crippen LogP contribution in [0.2, 0.25) is 0 Å². The number of rotatable bonds is 5. The number of aryl methyl sites for hydroxylation is 1. The van der Waals surface area contributed by atoms with Gasteiger partial charge >= 0.3 is 0 Å². The van der Waals surface area contributed by atoms with E-state index in [1.807, 2.05) is 18.2 Å². The van der Waals surface area contributed by atoms with Crippen LogP contribution in [0.1, 0.15) is 11.4 Å². The summed E-state index contributed by atoms with van der Waals surface area (Å²) in [6.07, 6.45) is 1.60. The Labute approximate surface area is 206 Å². The Morgan fingerprint density at radius 3 is 2.81 bits per heavy atom. The van der Waals surface area contributed by atoms with Crippen LogP contribution in [0.4, 0.5) is 0 Å². The van der Waals surface area contributed by atoms with Crippen LogP contribution in [0.15, 0.2) is 50.8 Å². The maximum absolute atomic E-state index is 12.8. The molecule has 0 spiro atoms. The molecule has 1 amide bonds. The monoisotopic (exact) mass is 610 g/mol. The smallest absolute Gasteiger partial charge is 0.282 e. The van der Waals surface area contributed by atoms with Crippen molar-refractivity contribution < 1.29 is 14.3 Å². The number of amides is 1. The van der Waals surface area contributed by atoms with E-state index in [2.05, 4.69) is 48.6 Å². The minimum atomic E-state index is -0.235. The number of aromatic nitrogens is 2. The molecule has 32 heavy (non-hydrogen) atoms. The fourth-order valence-electron chi connectivity index (χ4n) is 3.28. The minimum absolute atomic E-state index is 0.0175. The number of hydrogen-bond donors (Lipinski definition) is 0. The van der Waals surface area contributed by atoms with Gasteiger partial charge in [-0.05, 0) is 71.5 Å². The van der Waals surface area contributed by atoms with E-state index in [1.165, 1.54) is 4.68 Å². The molecule has 0 radical (unpaired) electrons. The summed E-state index contributed by atoms with van der Waals surface area (Å²) in [6.45, 7) is 4.03. The summed E-state index contributed by atoms with van der Waals surface area (Å²) in [6, 6.07) is 10.9. The summed E-state index contributed by atoms with van der Waals surface area (Å²) in [5, 5.41) is 4.84.